The number of benzene rings is 8. The molecule has 8 bridgehead atoms. The van der Waals surface area contributed by atoms with E-state index in [9.17, 15) is 0 Å². The second kappa shape index (κ2) is 18.3. The van der Waals surface area contributed by atoms with Crippen molar-refractivity contribution in [2.24, 2.45) is 0 Å². The molecule has 0 saturated heterocycles. The SMILES string of the molecule is c1ccc(COc2ccc3c(c2)-c2nc-3nc3[nH]c(nc4nc(nc5[nH]c(n2)c2ccc(OCc6ccccc6)cc52)-c2cccc(OCc5ccccc5)c2-4)c2ccc(OCc4ccccc4)cc32)cc1. The van der Waals surface area contributed by atoms with E-state index in [1.165, 1.54) is 0 Å². The molecule has 0 fully saturated rings. The number of rotatable bonds is 12. The van der Waals surface area contributed by atoms with Crippen molar-refractivity contribution in [3.05, 3.63) is 216 Å². The Balaban J connectivity index is 1.04. The first kappa shape index (κ1) is 42.4. The molecule has 0 aliphatic carbocycles. The van der Waals surface area contributed by atoms with E-state index in [0.29, 0.717) is 101 Å². The maximum Gasteiger partial charge on any atom is 0.168 e. The maximum atomic E-state index is 6.60. The van der Waals surface area contributed by atoms with Crippen molar-refractivity contribution in [1.29, 1.82) is 0 Å². The molecule has 2 aliphatic rings. The minimum atomic E-state index is 0.345. The van der Waals surface area contributed by atoms with Crippen LogP contribution in [0.3, 0.4) is 0 Å². The number of ether oxygens (including phenoxy) is 4. The summed E-state index contributed by atoms with van der Waals surface area (Å²) in [6.07, 6.45) is 0. The zero-order valence-corrected chi connectivity index (χ0v) is 38.6. The molecule has 2 N–H and O–H groups in total. The normalized spacial score (nSPS) is 11.6. The monoisotopic (exact) mass is 938 g/mol. The lowest BCUT2D eigenvalue weighted by Crippen LogP contribution is -1.97. The van der Waals surface area contributed by atoms with Crippen molar-refractivity contribution in [1.82, 2.24) is 39.9 Å². The van der Waals surface area contributed by atoms with Gasteiger partial charge in [0.25, 0.3) is 0 Å². The van der Waals surface area contributed by atoms with Gasteiger partial charge in [0.05, 0.1) is 5.56 Å². The number of H-pyrrole nitrogens is 2. The van der Waals surface area contributed by atoms with Gasteiger partial charge < -0.3 is 28.9 Å². The molecular weight excluding hydrogens is 897 g/mol. The Morgan fingerprint density at radius 3 is 1.21 bits per heavy atom. The van der Waals surface area contributed by atoms with Crippen molar-refractivity contribution in [3.8, 4) is 68.5 Å². The molecule has 2 aliphatic heterocycles. The van der Waals surface area contributed by atoms with Gasteiger partial charge in [0, 0.05) is 38.2 Å². The lowest BCUT2D eigenvalue weighted by atomic mass is 10.1. The Morgan fingerprint density at radius 1 is 0.292 bits per heavy atom. The first-order valence-electron chi connectivity index (χ1n) is 23.7. The Morgan fingerprint density at radius 2 is 0.694 bits per heavy atom. The van der Waals surface area contributed by atoms with Crippen LogP contribution in [-0.4, -0.2) is 39.9 Å². The second-order valence-electron chi connectivity index (χ2n) is 17.5. The van der Waals surface area contributed by atoms with Gasteiger partial charge in [-0.3, -0.25) is 0 Å². The highest BCUT2D eigenvalue weighted by molar-refractivity contribution is 6.07. The molecule has 346 valence electrons. The molecule has 12 nitrogen and oxygen atoms in total. The standard InChI is InChI=1S/C60H42N8O4/c1-5-14-37(15-6-1)33-69-41-24-27-44-48(30-41)57-61-53(44)63-58-50-32-43(71-35-39-18-9-3-10-19-39)26-29-46(50)55(65-58)67-60-52-47(22-13-23-51(52)72-36-40-20-11-4-12-21-40)56(68-60)66-59-49-31-42(25-28-45(49)54(62-57)64-59)70-34-38-16-7-2-8-17-38/h1-32H,33-36H2,(H2,61,62,63,64,65,66,67,68). The fraction of sp³-hybridized carbons (Fsp3) is 0.0667. The number of nitrogens with zero attached hydrogens (tertiary/aromatic N) is 6. The van der Waals surface area contributed by atoms with Gasteiger partial charge in [0.1, 0.15) is 72.0 Å². The average molecular weight is 939 g/mol. The third-order valence-corrected chi connectivity index (χ3v) is 12.7. The first-order chi connectivity index (χ1) is 35.6. The van der Waals surface area contributed by atoms with Crippen LogP contribution in [0, 0.1) is 0 Å². The summed E-state index contributed by atoms with van der Waals surface area (Å²) in [5.74, 6) is 4.42. The lowest BCUT2D eigenvalue weighted by Gasteiger charge is -2.10. The molecule has 12 heteroatoms. The number of nitrogens with one attached hydrogen (secondary N) is 2. The number of aromatic amines is 2. The van der Waals surface area contributed by atoms with Crippen LogP contribution in [0.4, 0.5) is 0 Å². The van der Waals surface area contributed by atoms with Crippen LogP contribution >= 0.6 is 0 Å². The van der Waals surface area contributed by atoms with Crippen molar-refractivity contribution < 1.29 is 18.9 Å². The van der Waals surface area contributed by atoms with Crippen molar-refractivity contribution >= 4 is 44.1 Å². The minimum Gasteiger partial charge on any atom is -0.489 e. The van der Waals surface area contributed by atoms with Gasteiger partial charge in [-0.25, -0.2) is 29.9 Å². The second-order valence-corrected chi connectivity index (χ2v) is 17.5. The molecule has 0 radical (unpaired) electrons. The summed E-state index contributed by atoms with van der Waals surface area (Å²) in [6, 6.07) is 64.0. The van der Waals surface area contributed by atoms with Gasteiger partial charge in [-0.2, -0.15) is 0 Å². The topological polar surface area (TPSA) is 146 Å². The molecule has 5 heterocycles. The lowest BCUT2D eigenvalue weighted by molar-refractivity contribution is 0.306. The summed E-state index contributed by atoms with van der Waals surface area (Å²) in [5.41, 5.74) is 9.37. The van der Waals surface area contributed by atoms with Gasteiger partial charge in [-0.15, -0.1) is 0 Å². The third kappa shape index (κ3) is 8.36. The van der Waals surface area contributed by atoms with Crippen LogP contribution in [-0.2, 0) is 26.4 Å². The van der Waals surface area contributed by atoms with E-state index < -0.39 is 0 Å². The molecule has 0 saturated carbocycles. The van der Waals surface area contributed by atoms with Gasteiger partial charge in [0.2, 0.25) is 0 Å². The molecule has 72 heavy (non-hydrogen) atoms. The Labute approximate surface area is 412 Å². The van der Waals surface area contributed by atoms with E-state index >= 15 is 0 Å². The van der Waals surface area contributed by atoms with Crippen LogP contribution in [0.25, 0.3) is 89.7 Å². The number of hydrogen-bond donors (Lipinski definition) is 2. The number of fused-ring (bicyclic) bond motifs is 20. The van der Waals surface area contributed by atoms with Gasteiger partial charge in [-0.1, -0.05) is 133 Å². The summed E-state index contributed by atoms with van der Waals surface area (Å²) < 4.78 is 25.7. The highest BCUT2D eigenvalue weighted by atomic mass is 16.5. The predicted molar refractivity (Wildman–Crippen MR) is 279 cm³/mol. The zero-order valence-electron chi connectivity index (χ0n) is 38.6. The minimum absolute atomic E-state index is 0.345. The Kier molecular flexibility index (Phi) is 10.8. The summed E-state index contributed by atoms with van der Waals surface area (Å²) in [7, 11) is 0. The summed E-state index contributed by atoms with van der Waals surface area (Å²) >= 11 is 0. The fourth-order valence-electron chi connectivity index (χ4n) is 9.09. The van der Waals surface area contributed by atoms with Crippen LogP contribution in [0.2, 0.25) is 0 Å². The average Bonchev–Trinajstić information content (AvgIpc) is 4.17. The van der Waals surface area contributed by atoms with Crippen LogP contribution < -0.4 is 18.9 Å². The molecule has 0 amide bonds. The molecule has 13 rings (SSSR count). The maximum absolute atomic E-state index is 6.60. The van der Waals surface area contributed by atoms with E-state index in [2.05, 4.69) is 9.97 Å². The molecular formula is C60H42N8O4. The summed E-state index contributed by atoms with van der Waals surface area (Å²) in [5, 5.41) is 3.19. The van der Waals surface area contributed by atoms with Crippen molar-refractivity contribution in [2.45, 2.75) is 26.4 Å². The zero-order chi connectivity index (χ0) is 47.8. The Hall–Kier alpha value is -9.68. The molecule has 8 aromatic carbocycles. The van der Waals surface area contributed by atoms with Gasteiger partial charge >= 0.3 is 0 Å². The number of aromatic nitrogens is 8. The quantitative estimate of drug-likeness (QED) is 0.121. The highest BCUT2D eigenvalue weighted by Gasteiger charge is 2.26. The molecule has 3 aromatic heterocycles. The summed E-state index contributed by atoms with van der Waals surface area (Å²) in [6.45, 7) is 1.53. The van der Waals surface area contributed by atoms with Crippen LogP contribution in [0.15, 0.2) is 194 Å². The van der Waals surface area contributed by atoms with Crippen molar-refractivity contribution in [2.75, 3.05) is 0 Å². The predicted octanol–water partition coefficient (Wildman–Crippen LogP) is 13.2. The van der Waals surface area contributed by atoms with E-state index in [1.807, 2.05) is 194 Å². The number of hydrogen-bond acceptors (Lipinski definition) is 10. The molecule has 0 spiro atoms. The third-order valence-electron chi connectivity index (χ3n) is 12.7. The summed E-state index contributed by atoms with van der Waals surface area (Å²) in [4.78, 5) is 38.7. The van der Waals surface area contributed by atoms with E-state index in [1.54, 1.807) is 0 Å². The van der Waals surface area contributed by atoms with E-state index in [0.717, 1.165) is 60.5 Å². The molecule has 0 atom stereocenters. The first-order valence-corrected chi connectivity index (χ1v) is 23.7. The van der Waals surface area contributed by atoms with E-state index in [4.69, 9.17) is 48.9 Å². The van der Waals surface area contributed by atoms with Gasteiger partial charge in [-0.05, 0) is 82.9 Å². The van der Waals surface area contributed by atoms with Crippen LogP contribution in [0.1, 0.15) is 22.3 Å². The van der Waals surface area contributed by atoms with Crippen LogP contribution in [0.5, 0.6) is 23.0 Å². The molecule has 11 aromatic rings. The van der Waals surface area contributed by atoms with Crippen molar-refractivity contribution in [3.63, 3.8) is 0 Å². The Bertz CT molecular complexity index is 3950. The fourth-order valence-corrected chi connectivity index (χ4v) is 9.09. The highest BCUT2D eigenvalue weighted by Crippen LogP contribution is 2.42. The molecule has 0 unspecified atom stereocenters. The van der Waals surface area contributed by atoms with E-state index in [-0.39, 0.29) is 0 Å². The van der Waals surface area contributed by atoms with Gasteiger partial charge in [0.15, 0.2) is 23.3 Å². The smallest absolute Gasteiger partial charge is 0.168 e. The largest absolute Gasteiger partial charge is 0.489 e.